The Balaban J connectivity index is 2.16. The quantitative estimate of drug-likeness (QED) is 0.620. The van der Waals surface area contributed by atoms with E-state index in [1.54, 1.807) is 0 Å². The minimum absolute atomic E-state index is 0.179. The van der Waals surface area contributed by atoms with Gasteiger partial charge in [0.25, 0.3) is 0 Å². The largest absolute Gasteiger partial charge is 0.493 e. The Labute approximate surface area is 120 Å². The number of rotatable bonds is 6. The first-order valence-corrected chi connectivity index (χ1v) is 8.21. The summed E-state index contributed by atoms with van der Waals surface area (Å²) in [4.78, 5) is 0. The van der Waals surface area contributed by atoms with E-state index in [2.05, 4.69) is 24.5 Å². The van der Waals surface area contributed by atoms with Gasteiger partial charge >= 0.3 is 0 Å². The molecule has 1 aliphatic heterocycles. The average molecular weight is 280 g/mol. The first-order valence-electron chi connectivity index (χ1n) is 7.16. The van der Waals surface area contributed by atoms with Crippen LogP contribution >= 0.6 is 11.8 Å². The van der Waals surface area contributed by atoms with Crippen LogP contribution in [0.15, 0.2) is 24.3 Å². The second-order valence-corrected chi connectivity index (χ2v) is 6.28. The zero-order chi connectivity index (χ0) is 13.5. The third-order valence-electron chi connectivity index (χ3n) is 3.48. The van der Waals surface area contributed by atoms with Crippen LogP contribution in [-0.4, -0.2) is 17.6 Å². The minimum atomic E-state index is 0.179. The van der Waals surface area contributed by atoms with E-state index in [1.165, 1.54) is 30.6 Å². The summed E-state index contributed by atoms with van der Waals surface area (Å²) in [5.41, 5.74) is 4.20. The zero-order valence-corrected chi connectivity index (χ0v) is 12.4. The highest BCUT2D eigenvalue weighted by Gasteiger charge is 2.26. The molecule has 0 bridgehead atoms. The lowest BCUT2D eigenvalue weighted by molar-refractivity contribution is 0.309. The van der Waals surface area contributed by atoms with Crippen LogP contribution in [0.1, 0.15) is 44.2 Å². The Bertz CT molecular complexity index is 380. The normalized spacial score (nSPS) is 21.1. The molecule has 3 nitrogen and oxygen atoms in total. The van der Waals surface area contributed by atoms with E-state index < -0.39 is 0 Å². The van der Waals surface area contributed by atoms with Crippen LogP contribution < -0.4 is 16.0 Å². The highest BCUT2D eigenvalue weighted by molar-refractivity contribution is 8.00. The molecule has 0 aliphatic carbocycles. The molecule has 0 amide bonds. The van der Waals surface area contributed by atoms with E-state index in [9.17, 15) is 0 Å². The van der Waals surface area contributed by atoms with Crippen LogP contribution in [-0.2, 0) is 0 Å². The number of hydrogen-bond acceptors (Lipinski definition) is 4. The van der Waals surface area contributed by atoms with Gasteiger partial charge in [0.2, 0.25) is 0 Å². The number of hydrazine groups is 1. The number of para-hydroxylation sites is 1. The van der Waals surface area contributed by atoms with Gasteiger partial charge in [-0.1, -0.05) is 31.5 Å². The predicted molar refractivity (Wildman–Crippen MR) is 82.4 cm³/mol. The number of nitrogens with two attached hydrogens (primary N) is 1. The van der Waals surface area contributed by atoms with E-state index in [0.29, 0.717) is 5.25 Å². The van der Waals surface area contributed by atoms with Crippen molar-refractivity contribution in [1.29, 1.82) is 0 Å². The fourth-order valence-corrected chi connectivity index (χ4v) is 3.93. The lowest BCUT2D eigenvalue weighted by Gasteiger charge is -2.30. The topological polar surface area (TPSA) is 47.3 Å². The van der Waals surface area contributed by atoms with Crippen molar-refractivity contribution in [2.75, 3.05) is 12.4 Å². The maximum absolute atomic E-state index is 5.86. The summed E-state index contributed by atoms with van der Waals surface area (Å²) in [6.07, 6.45) is 4.87. The monoisotopic (exact) mass is 280 g/mol. The summed E-state index contributed by atoms with van der Waals surface area (Å²) in [5.74, 6) is 8.02. The van der Waals surface area contributed by atoms with Crippen LogP contribution in [0.5, 0.6) is 5.75 Å². The SMILES string of the molecule is CCCOc1ccccc1C(NN)C1CCCCS1. The van der Waals surface area contributed by atoms with Crippen molar-refractivity contribution in [1.82, 2.24) is 5.43 Å². The van der Waals surface area contributed by atoms with Gasteiger partial charge in [-0.2, -0.15) is 11.8 Å². The summed E-state index contributed by atoms with van der Waals surface area (Å²) in [6, 6.07) is 8.44. The molecule has 2 atom stereocenters. The molecule has 0 saturated carbocycles. The summed E-state index contributed by atoms with van der Waals surface area (Å²) in [5, 5.41) is 0.546. The Morgan fingerprint density at radius 1 is 1.42 bits per heavy atom. The van der Waals surface area contributed by atoms with Gasteiger partial charge < -0.3 is 4.74 Å². The molecule has 4 heteroatoms. The van der Waals surface area contributed by atoms with Crippen molar-refractivity contribution in [3.05, 3.63) is 29.8 Å². The third-order valence-corrected chi connectivity index (χ3v) is 4.94. The summed E-state index contributed by atoms with van der Waals surface area (Å²) >= 11 is 2.03. The van der Waals surface area contributed by atoms with Gasteiger partial charge in [-0.3, -0.25) is 11.3 Å². The molecule has 1 fully saturated rings. The van der Waals surface area contributed by atoms with Gasteiger partial charge in [0.05, 0.1) is 12.6 Å². The van der Waals surface area contributed by atoms with E-state index in [-0.39, 0.29) is 6.04 Å². The fourth-order valence-electron chi connectivity index (χ4n) is 2.51. The first-order chi connectivity index (χ1) is 9.36. The van der Waals surface area contributed by atoms with Gasteiger partial charge in [-0.15, -0.1) is 0 Å². The van der Waals surface area contributed by atoms with Gasteiger partial charge in [0.15, 0.2) is 0 Å². The van der Waals surface area contributed by atoms with Crippen molar-refractivity contribution >= 4 is 11.8 Å². The summed E-state index contributed by atoms with van der Waals surface area (Å²) < 4.78 is 5.86. The van der Waals surface area contributed by atoms with Crippen LogP contribution in [0.3, 0.4) is 0 Å². The van der Waals surface area contributed by atoms with E-state index in [0.717, 1.165) is 18.8 Å². The summed E-state index contributed by atoms with van der Waals surface area (Å²) in [6.45, 7) is 2.88. The zero-order valence-electron chi connectivity index (χ0n) is 11.6. The van der Waals surface area contributed by atoms with Gasteiger partial charge in [-0.25, -0.2) is 0 Å². The molecule has 1 aliphatic rings. The Hall–Kier alpha value is -0.710. The maximum atomic E-state index is 5.86. The van der Waals surface area contributed by atoms with E-state index in [1.807, 2.05) is 23.9 Å². The van der Waals surface area contributed by atoms with Crippen LogP contribution in [0, 0.1) is 0 Å². The smallest absolute Gasteiger partial charge is 0.124 e. The van der Waals surface area contributed by atoms with Crippen molar-refractivity contribution in [2.24, 2.45) is 5.84 Å². The van der Waals surface area contributed by atoms with Crippen molar-refractivity contribution < 1.29 is 4.74 Å². The number of ether oxygens (including phenoxy) is 1. The highest BCUT2D eigenvalue weighted by Crippen LogP contribution is 2.37. The predicted octanol–water partition coefficient (Wildman–Crippen LogP) is 3.27. The van der Waals surface area contributed by atoms with Crippen LogP contribution in [0.4, 0.5) is 0 Å². The standard InChI is InChI=1S/C15H24N2OS/c1-2-10-18-13-8-4-3-7-12(13)15(17-16)14-9-5-6-11-19-14/h3-4,7-8,14-15,17H,2,5-6,9-11,16H2,1H3. The van der Waals surface area contributed by atoms with E-state index in [4.69, 9.17) is 10.6 Å². The first kappa shape index (κ1) is 14.7. The molecule has 106 valence electrons. The third kappa shape index (κ3) is 3.88. The molecular weight excluding hydrogens is 256 g/mol. The molecule has 0 radical (unpaired) electrons. The van der Waals surface area contributed by atoms with Crippen molar-refractivity contribution in [3.8, 4) is 5.75 Å². The molecule has 1 aromatic rings. The van der Waals surface area contributed by atoms with Crippen molar-refractivity contribution in [3.63, 3.8) is 0 Å². The van der Waals surface area contributed by atoms with Gasteiger partial charge in [0, 0.05) is 10.8 Å². The molecule has 1 heterocycles. The molecule has 3 N–H and O–H groups in total. The molecule has 2 rings (SSSR count). The Kier molecular flexibility index (Phi) is 6.01. The number of hydrogen-bond donors (Lipinski definition) is 2. The molecule has 1 saturated heterocycles. The Morgan fingerprint density at radius 3 is 2.95 bits per heavy atom. The average Bonchev–Trinajstić information content (AvgIpc) is 2.48. The van der Waals surface area contributed by atoms with Gasteiger partial charge in [0.1, 0.15) is 5.75 Å². The van der Waals surface area contributed by atoms with Crippen LogP contribution in [0.2, 0.25) is 0 Å². The second-order valence-electron chi connectivity index (χ2n) is 4.94. The second kappa shape index (κ2) is 7.78. The molecule has 0 aromatic heterocycles. The maximum Gasteiger partial charge on any atom is 0.124 e. The highest BCUT2D eigenvalue weighted by atomic mass is 32.2. The van der Waals surface area contributed by atoms with Gasteiger partial charge in [-0.05, 0) is 31.1 Å². The summed E-state index contributed by atoms with van der Waals surface area (Å²) in [7, 11) is 0. The lowest BCUT2D eigenvalue weighted by Crippen LogP contribution is -2.36. The molecule has 1 aromatic carbocycles. The molecule has 2 unspecified atom stereocenters. The molecular formula is C15H24N2OS. The van der Waals surface area contributed by atoms with E-state index >= 15 is 0 Å². The molecule has 19 heavy (non-hydrogen) atoms. The minimum Gasteiger partial charge on any atom is -0.493 e. The fraction of sp³-hybridized carbons (Fsp3) is 0.600. The lowest BCUT2D eigenvalue weighted by atomic mass is 9.99. The van der Waals surface area contributed by atoms with Crippen LogP contribution in [0.25, 0.3) is 0 Å². The number of thioether (sulfide) groups is 1. The number of nitrogens with one attached hydrogen (secondary N) is 1. The number of benzene rings is 1. The Morgan fingerprint density at radius 2 is 2.26 bits per heavy atom. The molecule has 0 spiro atoms. The van der Waals surface area contributed by atoms with Crippen molar-refractivity contribution in [2.45, 2.75) is 43.9 Å².